The number of ether oxygens (including phenoxy) is 10. The highest BCUT2D eigenvalue weighted by Crippen LogP contribution is 2.43. The lowest BCUT2D eigenvalue weighted by atomic mass is 10.0. The minimum Gasteiger partial charge on any atom is -0.484 e. The summed E-state index contributed by atoms with van der Waals surface area (Å²) in [6.07, 6.45) is 18.2. The number of nitriles is 1. The second-order valence-electron chi connectivity index (χ2n) is 32.4. The van der Waals surface area contributed by atoms with Gasteiger partial charge in [-0.2, -0.15) is 4.99 Å². The van der Waals surface area contributed by atoms with Crippen molar-refractivity contribution in [1.29, 1.82) is 5.26 Å². The molecule has 29 nitrogen and oxygen atoms in total. The highest BCUT2D eigenvalue weighted by Gasteiger charge is 2.42. The third kappa shape index (κ3) is 30.6. The van der Waals surface area contributed by atoms with Crippen LogP contribution in [0.15, 0.2) is 214 Å². The van der Waals surface area contributed by atoms with Gasteiger partial charge < -0.3 is 63.7 Å². The van der Waals surface area contributed by atoms with Crippen molar-refractivity contribution in [1.82, 2.24) is 29.5 Å². The number of aliphatic imine (C=N–C) groups is 1. The number of sulfonamides is 2. The van der Waals surface area contributed by atoms with Crippen molar-refractivity contribution in [2.75, 3.05) is 156 Å². The smallest absolute Gasteiger partial charge is 0.319 e. The molecule has 3 aliphatic heterocycles. The van der Waals surface area contributed by atoms with E-state index in [0.717, 1.165) is 64.1 Å². The number of carbonyl (C=O) groups is 2. The lowest BCUT2D eigenvalue weighted by Gasteiger charge is -2.35. The lowest BCUT2D eigenvalue weighted by molar-refractivity contribution is -0.118. The largest absolute Gasteiger partial charge is 0.484 e. The number of piperidine rings is 3. The van der Waals surface area contributed by atoms with Gasteiger partial charge in [-0.1, -0.05) is 104 Å². The van der Waals surface area contributed by atoms with Gasteiger partial charge in [0.2, 0.25) is 26.1 Å². The van der Waals surface area contributed by atoms with Crippen LogP contribution in [0.25, 0.3) is 0 Å². The van der Waals surface area contributed by atoms with E-state index in [4.69, 9.17) is 53.6 Å². The summed E-state index contributed by atoms with van der Waals surface area (Å²) in [5.41, 5.74) is 14.9. The van der Waals surface area contributed by atoms with Crippen LogP contribution in [0, 0.1) is 11.5 Å². The van der Waals surface area contributed by atoms with Gasteiger partial charge in [-0.3, -0.25) is 19.5 Å². The number of ketones is 1. The second kappa shape index (κ2) is 51.7. The molecule has 3 saturated heterocycles. The number of Topliss-reactive ketones (excluding diaryl/α,β-unsaturated/α-hetero) is 1. The average Bonchev–Trinajstić information content (AvgIpc) is 1.64. The van der Waals surface area contributed by atoms with E-state index in [1.807, 2.05) is 0 Å². The van der Waals surface area contributed by atoms with E-state index in [1.54, 1.807) is 121 Å². The van der Waals surface area contributed by atoms with Crippen molar-refractivity contribution < 1.29 is 87.0 Å². The molecule has 3 aliphatic carbocycles. The Kier molecular flexibility index (Phi) is 39.3. The molecule has 0 spiro atoms. The average molecular weight is 1830 g/mol. The van der Waals surface area contributed by atoms with Crippen LogP contribution in [0.4, 0.5) is 16.2 Å². The molecule has 129 heavy (non-hydrogen) atoms. The zero-order valence-corrected chi connectivity index (χ0v) is 75.8. The molecule has 692 valence electrons. The molecule has 0 aromatic heterocycles. The maximum absolute atomic E-state index is 13.1. The molecule has 6 atom stereocenters. The van der Waals surface area contributed by atoms with Gasteiger partial charge in [0, 0.05) is 57.9 Å². The molecule has 6 aliphatic rings. The zero-order valence-electron chi connectivity index (χ0n) is 73.3. The van der Waals surface area contributed by atoms with Crippen molar-refractivity contribution in [3.63, 3.8) is 0 Å². The number of isocyanates is 1. The van der Waals surface area contributed by atoms with Gasteiger partial charge in [-0.05, 0) is 258 Å². The Morgan fingerprint density at radius 1 is 0.426 bits per heavy atom. The number of anilines is 1. The summed E-state index contributed by atoms with van der Waals surface area (Å²) in [7, 11) is -10.9. The minimum atomic E-state index is -3.74. The number of rotatable bonds is 47. The van der Waals surface area contributed by atoms with E-state index in [2.05, 4.69) is 117 Å². The fourth-order valence-electron chi connectivity index (χ4n) is 17.0. The van der Waals surface area contributed by atoms with Gasteiger partial charge >= 0.3 is 6.03 Å². The van der Waals surface area contributed by atoms with Crippen LogP contribution in [0.2, 0.25) is 0 Å². The molecule has 0 radical (unpaired) electrons. The Morgan fingerprint density at radius 2 is 0.806 bits per heavy atom. The van der Waals surface area contributed by atoms with Gasteiger partial charge in [0.25, 0.3) is 6.26 Å². The summed E-state index contributed by atoms with van der Waals surface area (Å²) in [4.78, 5) is 46.5. The number of fused-ring (bicyclic) bond motifs is 3. The molecule has 2 amide bonds. The number of likely N-dealkylation sites (tertiary alicyclic amines) is 3. The minimum absolute atomic E-state index is 0.0389. The first-order valence-electron chi connectivity index (χ1n) is 45.0. The molecule has 3 fully saturated rings. The van der Waals surface area contributed by atoms with Crippen molar-refractivity contribution in [2.24, 2.45) is 10.7 Å². The first kappa shape index (κ1) is 98.2. The number of hydrogen-bond donors (Lipinski definition) is 5. The fraction of sp³-hybridized carbons (Fsp3) is 0.464. The maximum atomic E-state index is 13.1. The van der Waals surface area contributed by atoms with Crippen molar-refractivity contribution in [2.45, 2.75) is 154 Å². The van der Waals surface area contributed by atoms with Crippen LogP contribution in [0.1, 0.15) is 134 Å². The topological polar surface area (TPSA) is 366 Å². The van der Waals surface area contributed by atoms with Gasteiger partial charge in [-0.25, -0.2) is 44.3 Å². The number of amides is 2. The Bertz CT molecular complexity index is 5030. The van der Waals surface area contributed by atoms with Crippen LogP contribution in [0.5, 0.6) is 23.0 Å². The molecule has 3 heterocycles. The second-order valence-corrected chi connectivity index (χ2v) is 38.1. The number of nitrogens with zero attached hydrogens (tertiary/aromatic N) is 5. The van der Waals surface area contributed by atoms with E-state index in [1.165, 1.54) is 104 Å². The monoisotopic (exact) mass is 1830 g/mol. The summed E-state index contributed by atoms with van der Waals surface area (Å²) >= 11 is 0. The number of carbonyl (C=O) groups excluding carboxylic acids is 3. The van der Waals surface area contributed by atoms with E-state index < -0.39 is 35.9 Å². The van der Waals surface area contributed by atoms with Crippen LogP contribution in [-0.4, -0.2) is 226 Å². The van der Waals surface area contributed by atoms with Crippen molar-refractivity contribution in [3.8, 4) is 29.3 Å². The first-order valence-corrected chi connectivity index (χ1v) is 49.6. The van der Waals surface area contributed by atoms with Crippen LogP contribution >= 0.6 is 0 Å². The van der Waals surface area contributed by atoms with Gasteiger partial charge in [0.15, 0.2) is 9.84 Å². The third-order valence-electron chi connectivity index (χ3n) is 23.5. The van der Waals surface area contributed by atoms with Gasteiger partial charge in [0.05, 0.1) is 110 Å². The zero-order chi connectivity index (χ0) is 90.3. The summed E-state index contributed by atoms with van der Waals surface area (Å²) in [5, 5.41) is 13.7. The molecule has 14 rings (SSSR count). The Balaban J connectivity index is 0.000000261. The van der Waals surface area contributed by atoms with E-state index in [9.17, 15) is 39.6 Å². The molecular weight excluding hydrogens is 1710 g/mol. The number of sulfone groups is 1. The molecular formula is C97H122N10O19S3. The number of nitrogens with one attached hydrogen (secondary N) is 4. The van der Waals surface area contributed by atoms with Crippen molar-refractivity contribution in [3.05, 3.63) is 233 Å². The molecule has 0 saturated carbocycles. The predicted molar refractivity (Wildman–Crippen MR) is 490 cm³/mol. The van der Waals surface area contributed by atoms with Crippen LogP contribution < -0.4 is 44.8 Å². The molecule has 0 unspecified atom stereocenters. The normalized spacial score (nSPS) is 18.6. The van der Waals surface area contributed by atoms with Crippen LogP contribution in [0.3, 0.4) is 0 Å². The summed E-state index contributed by atoms with van der Waals surface area (Å²) in [5.74, 6) is 2.43. The standard InChI is InChI=1S/C63H81N5O12S2.C26H37N3O5S.C8H4N2O2/c69-52(15-11-36-75-40-43-78-39-31-65-82(73,74)56-28-24-54(25-29-56)80-62-58-17-6-4-14-50(58)47-60(62)68-34-9-2-10-35-68)45-48-18-20-51(21-19-48)66-63(70)64-30-38-77-42-41-76-37-12-44-81(71,72)55-26-22-53(23-27-55)79-61-57-16-5-3-13-49(57)46-59(61)67-32-7-1-8-33-67;27-12-16-32-18-19-33-17-13-28-35(30,31)23-10-8-22(9-11-23)34-26-24-7-3-2-6-21(24)20-25(26)29-14-4-1-5-15-29;9-5-12-8-3-1-7(2-4-8)10-6-11/h3-6,13-14,16-29,59-62,65H,1-2,7-12,15,30-47H2,(H2,64,66,70);2-3,6-11,25-26,28H,1,4-5,12-20,27H2;1-4H/t59-,60-,61-,62-;25-,26-;/m00./s1. The highest BCUT2D eigenvalue weighted by molar-refractivity contribution is 7.91. The SMILES string of the molecule is N#COc1ccc(N=C=O)cc1.NCCOCCOCCNS(=O)(=O)c1ccc(O[C@H]2c3ccccc3C[C@@H]2N2CCCCC2)cc1.O=C(CCCOCCOCCNS(=O)(=O)c1ccc(O[C@H]2c3ccccc3C[C@@H]2N2CCCCC2)cc1)Cc1ccc(NC(=O)NCCOCCOCCCS(=O)(=O)c2ccc(O[C@H]3c4ccccc4C[C@@H]3N3CCCCC3)cc2)cc1. The van der Waals surface area contributed by atoms with Gasteiger partial charge in [0.1, 0.15) is 47.1 Å². The molecule has 32 heteroatoms. The number of benzene rings is 8. The lowest BCUT2D eigenvalue weighted by Crippen LogP contribution is -2.43. The third-order valence-corrected chi connectivity index (χ3v) is 28.2. The summed E-state index contributed by atoms with van der Waals surface area (Å²) in [6.45, 7) is 11.5. The van der Waals surface area contributed by atoms with E-state index >= 15 is 0 Å². The summed E-state index contributed by atoms with van der Waals surface area (Å²) < 4.78 is 140. The molecule has 6 N–H and O–H groups in total. The Morgan fingerprint density at radius 3 is 1.22 bits per heavy atom. The van der Waals surface area contributed by atoms with Gasteiger partial charge in [-0.15, -0.1) is 5.26 Å². The van der Waals surface area contributed by atoms with E-state index in [0.29, 0.717) is 112 Å². The number of urea groups is 1. The van der Waals surface area contributed by atoms with Crippen LogP contribution in [-0.2, 0) is 93.6 Å². The molecule has 8 aromatic rings. The highest BCUT2D eigenvalue weighted by atomic mass is 32.2. The van der Waals surface area contributed by atoms with Crippen molar-refractivity contribution >= 4 is 59.2 Å². The van der Waals surface area contributed by atoms with E-state index in [-0.39, 0.29) is 116 Å². The predicted octanol–water partition coefficient (Wildman–Crippen LogP) is 12.7. The Labute approximate surface area is 759 Å². The maximum Gasteiger partial charge on any atom is 0.319 e. The first-order chi connectivity index (χ1) is 62.9. The number of hydrogen-bond acceptors (Lipinski definition) is 25. The quantitative estimate of drug-likeness (QED) is 0.0102. The fourth-order valence-corrected chi connectivity index (χ4v) is 20.3. The number of nitrogens with two attached hydrogens (primary N) is 1. The Hall–Kier alpha value is -9.86. The molecule has 8 aromatic carbocycles. The molecule has 0 bridgehead atoms. The summed E-state index contributed by atoms with van der Waals surface area (Å²) in [6, 6.07) is 59.2.